The monoisotopic (exact) mass is 356 g/mol. The number of non-ortho nitro benzene ring substituents is 1. The van der Waals surface area contributed by atoms with E-state index in [1.54, 1.807) is 26.0 Å². The van der Waals surface area contributed by atoms with Crippen LogP contribution in [0, 0.1) is 16.0 Å². The van der Waals surface area contributed by atoms with Gasteiger partial charge in [-0.2, -0.15) is 0 Å². The molecule has 1 aliphatic carbocycles. The molecule has 0 spiro atoms. The summed E-state index contributed by atoms with van der Waals surface area (Å²) >= 11 is 0. The lowest BCUT2D eigenvalue weighted by molar-refractivity contribution is -0.384. The number of nitro groups is 1. The van der Waals surface area contributed by atoms with Crippen LogP contribution in [0.3, 0.4) is 0 Å². The third kappa shape index (κ3) is 3.16. The number of ketones is 1. The largest absolute Gasteiger partial charge is 0.463 e. The van der Waals surface area contributed by atoms with Gasteiger partial charge in [0.05, 0.1) is 23.0 Å². The number of allylic oxidation sites excluding steroid dienone is 1. The zero-order valence-corrected chi connectivity index (χ0v) is 14.7. The first kappa shape index (κ1) is 18.0. The number of ether oxygens (including phenoxy) is 1. The van der Waals surface area contributed by atoms with Crippen LogP contribution in [-0.2, 0) is 14.3 Å². The highest BCUT2D eigenvalue weighted by Gasteiger charge is 2.43. The van der Waals surface area contributed by atoms with Crippen molar-refractivity contribution in [3.05, 3.63) is 51.2 Å². The highest BCUT2D eigenvalue weighted by Crippen LogP contribution is 2.43. The van der Waals surface area contributed by atoms with E-state index < -0.39 is 22.7 Å². The molecule has 3 rings (SSSR count). The molecule has 0 N–H and O–H groups in total. The molecule has 0 radical (unpaired) electrons. The van der Waals surface area contributed by atoms with Crippen molar-refractivity contribution in [1.82, 2.24) is 0 Å². The van der Waals surface area contributed by atoms with Crippen LogP contribution in [0.25, 0.3) is 0 Å². The van der Waals surface area contributed by atoms with E-state index in [-0.39, 0.29) is 18.1 Å². The number of benzene rings is 1. The summed E-state index contributed by atoms with van der Waals surface area (Å²) in [5.74, 6) is -1.47. The third-order valence-corrected chi connectivity index (χ3v) is 4.87. The molecule has 2 aliphatic rings. The second-order valence-corrected chi connectivity index (χ2v) is 6.45. The molecule has 26 heavy (non-hydrogen) atoms. The van der Waals surface area contributed by atoms with E-state index in [2.05, 4.69) is 4.99 Å². The van der Waals surface area contributed by atoms with E-state index in [1.807, 2.05) is 0 Å². The number of fused-ring (bicyclic) bond motifs is 1. The van der Waals surface area contributed by atoms with Gasteiger partial charge in [0.25, 0.3) is 5.69 Å². The molecule has 0 saturated heterocycles. The van der Waals surface area contributed by atoms with Gasteiger partial charge >= 0.3 is 5.97 Å². The van der Waals surface area contributed by atoms with Crippen molar-refractivity contribution >= 4 is 23.2 Å². The first-order valence-electron chi connectivity index (χ1n) is 8.66. The van der Waals surface area contributed by atoms with Gasteiger partial charge in [-0.15, -0.1) is 0 Å². The van der Waals surface area contributed by atoms with Gasteiger partial charge in [-0.1, -0.05) is 12.1 Å². The molecule has 136 valence electrons. The Morgan fingerprint density at radius 1 is 1.27 bits per heavy atom. The number of hydrogen-bond acceptors (Lipinski definition) is 6. The summed E-state index contributed by atoms with van der Waals surface area (Å²) in [6, 6.07) is 6.01. The van der Waals surface area contributed by atoms with E-state index in [4.69, 9.17) is 4.74 Å². The first-order valence-corrected chi connectivity index (χ1v) is 8.66. The van der Waals surface area contributed by atoms with E-state index in [0.717, 1.165) is 12.1 Å². The van der Waals surface area contributed by atoms with Crippen LogP contribution >= 0.6 is 0 Å². The Bertz CT molecular complexity index is 823. The number of nitrogens with zero attached hydrogens (tertiary/aromatic N) is 2. The molecule has 0 aromatic heterocycles. The Kier molecular flexibility index (Phi) is 4.97. The van der Waals surface area contributed by atoms with Gasteiger partial charge in [0.1, 0.15) is 5.78 Å². The summed E-state index contributed by atoms with van der Waals surface area (Å²) < 4.78 is 5.19. The molecule has 1 aromatic rings. The van der Waals surface area contributed by atoms with E-state index >= 15 is 0 Å². The second kappa shape index (κ2) is 7.19. The van der Waals surface area contributed by atoms with Gasteiger partial charge in [-0.05, 0) is 32.3 Å². The summed E-state index contributed by atoms with van der Waals surface area (Å²) in [6.45, 7) is 3.68. The normalized spacial score (nSPS) is 22.5. The predicted octanol–water partition coefficient (Wildman–Crippen LogP) is 3.34. The van der Waals surface area contributed by atoms with Crippen molar-refractivity contribution in [3.8, 4) is 0 Å². The minimum absolute atomic E-state index is 0.0354. The first-order chi connectivity index (χ1) is 12.4. The SMILES string of the molecule is CCOC(=O)C1=C(C)N=C2CCCC(=O)[C@H]2[C@H]1c1ccc([N+](=O)[O-])cc1. The fraction of sp³-hybridized carbons (Fsp3) is 0.421. The Hall–Kier alpha value is -2.83. The quantitative estimate of drug-likeness (QED) is 0.468. The fourth-order valence-corrected chi connectivity index (χ4v) is 3.76. The van der Waals surface area contributed by atoms with Gasteiger partial charge in [0, 0.05) is 35.9 Å². The molecule has 1 aromatic carbocycles. The zero-order valence-electron chi connectivity index (χ0n) is 14.7. The number of hydrogen-bond donors (Lipinski definition) is 0. The molecular formula is C19H20N2O5. The smallest absolute Gasteiger partial charge is 0.336 e. The van der Waals surface area contributed by atoms with Crippen LogP contribution in [0.1, 0.15) is 44.6 Å². The number of esters is 1. The lowest BCUT2D eigenvalue weighted by Crippen LogP contribution is -2.39. The number of carbonyl (C=O) groups is 2. The topological polar surface area (TPSA) is 98.9 Å². The number of aliphatic imine (C=N–C) groups is 1. The highest BCUT2D eigenvalue weighted by molar-refractivity contribution is 6.11. The Labute approximate surface area is 150 Å². The molecular weight excluding hydrogens is 336 g/mol. The lowest BCUT2D eigenvalue weighted by atomic mass is 9.69. The summed E-state index contributed by atoms with van der Waals surface area (Å²) in [7, 11) is 0. The van der Waals surface area contributed by atoms with Gasteiger partial charge < -0.3 is 4.74 Å². The van der Waals surface area contributed by atoms with Crippen molar-refractivity contribution in [2.24, 2.45) is 10.9 Å². The Balaban J connectivity index is 2.12. The molecule has 7 nitrogen and oxygen atoms in total. The van der Waals surface area contributed by atoms with E-state index in [1.165, 1.54) is 12.1 Å². The van der Waals surface area contributed by atoms with Crippen molar-refractivity contribution in [1.29, 1.82) is 0 Å². The maximum atomic E-state index is 12.7. The molecule has 0 bridgehead atoms. The molecule has 0 amide bonds. The highest BCUT2D eigenvalue weighted by atomic mass is 16.6. The average Bonchev–Trinajstić information content (AvgIpc) is 2.61. The summed E-state index contributed by atoms with van der Waals surface area (Å²) in [5.41, 5.74) is 2.35. The standard InChI is InChI=1S/C19H20N2O5/c1-3-26-19(23)16-11(2)20-14-5-4-6-15(22)18(14)17(16)12-7-9-13(10-8-12)21(24)25/h7-10,17-18H,3-6H2,1-2H3/t17-,18-/m0/s1. The van der Waals surface area contributed by atoms with Crippen molar-refractivity contribution < 1.29 is 19.2 Å². The molecule has 7 heteroatoms. The van der Waals surface area contributed by atoms with E-state index in [0.29, 0.717) is 29.7 Å². The Morgan fingerprint density at radius 3 is 2.58 bits per heavy atom. The molecule has 1 aliphatic heterocycles. The molecule has 2 atom stereocenters. The van der Waals surface area contributed by atoms with Crippen LogP contribution in [0.4, 0.5) is 5.69 Å². The zero-order chi connectivity index (χ0) is 18.8. The number of rotatable bonds is 4. The van der Waals surface area contributed by atoms with Gasteiger partial charge in [0.15, 0.2) is 0 Å². The minimum Gasteiger partial charge on any atom is -0.463 e. The predicted molar refractivity (Wildman–Crippen MR) is 95.0 cm³/mol. The molecule has 1 fully saturated rings. The van der Waals surface area contributed by atoms with Gasteiger partial charge in [-0.25, -0.2) is 4.79 Å². The van der Waals surface area contributed by atoms with Crippen molar-refractivity contribution in [3.63, 3.8) is 0 Å². The van der Waals surface area contributed by atoms with Crippen LogP contribution in [-0.4, -0.2) is 29.0 Å². The van der Waals surface area contributed by atoms with Crippen LogP contribution in [0.5, 0.6) is 0 Å². The van der Waals surface area contributed by atoms with Gasteiger partial charge in [-0.3, -0.25) is 19.9 Å². The summed E-state index contributed by atoms with van der Waals surface area (Å²) in [4.78, 5) is 40.2. The lowest BCUT2D eigenvalue weighted by Gasteiger charge is -2.35. The average molecular weight is 356 g/mol. The summed E-state index contributed by atoms with van der Waals surface area (Å²) in [5, 5.41) is 10.9. The fourth-order valence-electron chi connectivity index (χ4n) is 3.76. The maximum absolute atomic E-state index is 12.7. The maximum Gasteiger partial charge on any atom is 0.336 e. The van der Waals surface area contributed by atoms with Crippen molar-refractivity contribution in [2.45, 2.75) is 39.0 Å². The van der Waals surface area contributed by atoms with Crippen molar-refractivity contribution in [2.75, 3.05) is 6.61 Å². The van der Waals surface area contributed by atoms with Gasteiger partial charge in [0.2, 0.25) is 0 Å². The molecule has 1 saturated carbocycles. The second-order valence-electron chi connectivity index (χ2n) is 6.45. The number of nitro benzene ring substituents is 1. The van der Waals surface area contributed by atoms with E-state index in [9.17, 15) is 19.7 Å². The minimum atomic E-state index is -0.518. The number of Topliss-reactive ketones (excluding diaryl/α,β-unsaturated/α-hetero) is 1. The van der Waals surface area contributed by atoms with Crippen LogP contribution < -0.4 is 0 Å². The number of carbonyl (C=O) groups excluding carboxylic acids is 2. The third-order valence-electron chi connectivity index (χ3n) is 4.87. The molecule has 0 unspecified atom stereocenters. The summed E-state index contributed by atoms with van der Waals surface area (Å²) in [6.07, 6.45) is 1.92. The van der Waals surface area contributed by atoms with Crippen LogP contribution in [0.15, 0.2) is 40.5 Å². The Morgan fingerprint density at radius 2 is 1.96 bits per heavy atom. The van der Waals surface area contributed by atoms with Crippen LogP contribution in [0.2, 0.25) is 0 Å². The molecule has 1 heterocycles.